The molecule has 1 atom stereocenters. The molecule has 0 bridgehead atoms. The minimum atomic E-state index is 0.146. The van der Waals surface area contributed by atoms with E-state index in [4.69, 9.17) is 4.74 Å². The second-order valence-electron chi connectivity index (χ2n) is 5.08. The molecule has 80 valence electrons. The monoisotopic (exact) mass is 204 g/mol. The molecule has 2 nitrogen and oxygen atoms in total. The summed E-state index contributed by atoms with van der Waals surface area (Å²) in [6.45, 7) is 3.36. The first kappa shape index (κ1) is 13.1. The van der Waals surface area contributed by atoms with Gasteiger partial charge in [-0.05, 0) is 19.3 Å². The van der Waals surface area contributed by atoms with Gasteiger partial charge in [-0.3, -0.25) is 0 Å². The molecule has 1 saturated heterocycles. The predicted octanol–water partition coefficient (Wildman–Crippen LogP) is 1.05. The van der Waals surface area contributed by atoms with E-state index in [1.165, 1.54) is 19.3 Å². The highest BCUT2D eigenvalue weighted by atomic mass is 28.2. The van der Waals surface area contributed by atoms with E-state index in [1.807, 2.05) is 0 Å². The SMILES string of the molecule is C[N+](C)(C)C.C[SiH2]C1CCCCO1. The minimum Gasteiger partial charge on any atom is -0.382 e. The van der Waals surface area contributed by atoms with Crippen molar-refractivity contribution in [1.82, 2.24) is 0 Å². The Morgan fingerprint density at radius 2 is 1.69 bits per heavy atom. The zero-order valence-electron chi connectivity index (χ0n) is 9.97. The third-order valence-corrected chi connectivity index (χ3v) is 3.28. The highest BCUT2D eigenvalue weighted by Crippen LogP contribution is 2.10. The van der Waals surface area contributed by atoms with Gasteiger partial charge in [0.1, 0.15) is 0 Å². The van der Waals surface area contributed by atoms with Gasteiger partial charge in [-0.2, -0.15) is 0 Å². The molecule has 1 rings (SSSR count). The standard InChI is InChI=1S/C6H14OSi.C4H12N/c1-8-6-4-2-3-5-7-6;1-5(2,3)4/h6H,2-5,8H2,1H3;1-4H3/q;+1. The van der Waals surface area contributed by atoms with E-state index >= 15 is 0 Å². The Balaban J connectivity index is 0.000000252. The van der Waals surface area contributed by atoms with Crippen LogP contribution in [-0.2, 0) is 4.74 Å². The van der Waals surface area contributed by atoms with Gasteiger partial charge >= 0.3 is 0 Å². The van der Waals surface area contributed by atoms with Crippen molar-refractivity contribution in [3.05, 3.63) is 0 Å². The topological polar surface area (TPSA) is 9.23 Å². The van der Waals surface area contributed by atoms with Crippen molar-refractivity contribution in [3.8, 4) is 0 Å². The molecule has 3 heteroatoms. The Morgan fingerprint density at radius 3 is 1.92 bits per heavy atom. The Morgan fingerprint density at radius 1 is 1.15 bits per heavy atom. The summed E-state index contributed by atoms with van der Waals surface area (Å²) < 4.78 is 6.49. The van der Waals surface area contributed by atoms with Crippen LogP contribution in [0.1, 0.15) is 19.3 Å². The average molecular weight is 204 g/mol. The van der Waals surface area contributed by atoms with E-state index in [2.05, 4.69) is 34.7 Å². The third-order valence-electron chi connectivity index (χ3n) is 1.73. The third kappa shape index (κ3) is 12.1. The van der Waals surface area contributed by atoms with Crippen molar-refractivity contribution in [2.45, 2.75) is 31.5 Å². The van der Waals surface area contributed by atoms with Crippen LogP contribution in [0.4, 0.5) is 0 Å². The normalized spacial score (nSPS) is 24.2. The van der Waals surface area contributed by atoms with Crippen LogP contribution in [0.5, 0.6) is 0 Å². The zero-order chi connectivity index (χ0) is 10.3. The minimum absolute atomic E-state index is 0.146. The number of hydrogen-bond donors (Lipinski definition) is 0. The maximum Gasteiger partial charge on any atom is 0.0675 e. The highest BCUT2D eigenvalue weighted by Gasteiger charge is 2.10. The van der Waals surface area contributed by atoms with Crippen LogP contribution >= 0.6 is 0 Å². The molecule has 13 heavy (non-hydrogen) atoms. The van der Waals surface area contributed by atoms with Gasteiger partial charge in [-0.1, -0.05) is 6.55 Å². The van der Waals surface area contributed by atoms with Crippen LogP contribution < -0.4 is 0 Å². The molecule has 1 heterocycles. The van der Waals surface area contributed by atoms with Crippen molar-refractivity contribution in [1.29, 1.82) is 0 Å². The van der Waals surface area contributed by atoms with E-state index in [0.717, 1.165) is 16.8 Å². The van der Waals surface area contributed by atoms with Crippen molar-refractivity contribution in [2.24, 2.45) is 0 Å². The average Bonchev–Trinajstić information content (AvgIpc) is 2.03. The molecule has 0 aromatic carbocycles. The van der Waals surface area contributed by atoms with Crippen LogP contribution in [0, 0.1) is 0 Å². The molecule has 0 aromatic heterocycles. The largest absolute Gasteiger partial charge is 0.382 e. The lowest BCUT2D eigenvalue weighted by Gasteiger charge is -2.20. The van der Waals surface area contributed by atoms with Crippen molar-refractivity contribution in [2.75, 3.05) is 34.8 Å². The van der Waals surface area contributed by atoms with E-state index < -0.39 is 0 Å². The lowest BCUT2D eigenvalue weighted by Crippen LogP contribution is -2.27. The van der Waals surface area contributed by atoms with Crippen molar-refractivity contribution in [3.63, 3.8) is 0 Å². The van der Waals surface area contributed by atoms with Gasteiger partial charge < -0.3 is 9.22 Å². The van der Waals surface area contributed by atoms with Gasteiger partial charge in [-0.15, -0.1) is 0 Å². The van der Waals surface area contributed by atoms with Gasteiger partial charge in [0.2, 0.25) is 0 Å². The van der Waals surface area contributed by atoms with Gasteiger partial charge in [0, 0.05) is 12.3 Å². The Bertz CT molecular complexity index is 111. The molecule has 0 saturated carbocycles. The molecule has 0 amide bonds. The fourth-order valence-corrected chi connectivity index (χ4v) is 2.23. The number of ether oxygens (including phenoxy) is 1. The summed E-state index contributed by atoms with van der Waals surface area (Å²) in [6, 6.07) is 0. The number of quaternary nitrogens is 1. The second-order valence-corrected chi connectivity index (χ2v) is 6.81. The number of nitrogens with zero attached hydrogens (tertiary/aromatic N) is 1. The van der Waals surface area contributed by atoms with E-state index in [0.29, 0.717) is 0 Å². The maximum absolute atomic E-state index is 5.49. The van der Waals surface area contributed by atoms with Crippen molar-refractivity contribution < 1.29 is 9.22 Å². The Labute approximate surface area is 85.7 Å². The molecule has 0 spiro atoms. The summed E-state index contributed by atoms with van der Waals surface area (Å²) in [5, 5.41) is 0. The van der Waals surface area contributed by atoms with Gasteiger partial charge in [0.15, 0.2) is 0 Å². The van der Waals surface area contributed by atoms with Gasteiger partial charge in [-0.25, -0.2) is 0 Å². The molecule has 1 fully saturated rings. The second kappa shape index (κ2) is 6.57. The molecule has 0 aromatic rings. The summed E-state index contributed by atoms with van der Waals surface area (Å²) in [6.07, 6.45) is 4.05. The van der Waals surface area contributed by atoms with Crippen LogP contribution in [0.2, 0.25) is 6.55 Å². The van der Waals surface area contributed by atoms with Crippen LogP contribution in [0.3, 0.4) is 0 Å². The number of hydrogen-bond acceptors (Lipinski definition) is 1. The fourth-order valence-electron chi connectivity index (χ4n) is 1.13. The summed E-state index contributed by atoms with van der Waals surface area (Å²) in [5.41, 5.74) is 0.726. The zero-order valence-corrected chi connectivity index (χ0v) is 11.4. The lowest BCUT2D eigenvalue weighted by atomic mass is 10.2. The Hall–Kier alpha value is 0.137. The first-order valence-electron chi connectivity index (χ1n) is 5.34. The number of rotatable bonds is 1. The Kier molecular flexibility index (Phi) is 6.64. The molecule has 1 aliphatic rings. The van der Waals surface area contributed by atoms with Crippen molar-refractivity contribution >= 4 is 9.52 Å². The van der Waals surface area contributed by atoms with Gasteiger partial charge in [0.25, 0.3) is 0 Å². The highest BCUT2D eigenvalue weighted by molar-refractivity contribution is 6.35. The first-order valence-corrected chi connectivity index (χ1v) is 7.57. The lowest BCUT2D eigenvalue weighted by molar-refractivity contribution is -0.849. The summed E-state index contributed by atoms with van der Waals surface area (Å²) in [5.74, 6) is 0. The fraction of sp³-hybridized carbons (Fsp3) is 1.00. The molecular weight excluding hydrogens is 178 g/mol. The molecule has 0 aliphatic carbocycles. The van der Waals surface area contributed by atoms with E-state index in [9.17, 15) is 0 Å². The predicted molar refractivity (Wildman–Crippen MR) is 62.0 cm³/mol. The molecule has 0 N–H and O–H groups in total. The summed E-state index contributed by atoms with van der Waals surface area (Å²) >= 11 is 0. The van der Waals surface area contributed by atoms with Crippen LogP contribution in [0.25, 0.3) is 0 Å². The molecule has 1 unspecified atom stereocenters. The van der Waals surface area contributed by atoms with E-state index in [1.54, 1.807) is 0 Å². The van der Waals surface area contributed by atoms with Crippen LogP contribution in [0.15, 0.2) is 0 Å². The van der Waals surface area contributed by atoms with Gasteiger partial charge in [0.05, 0.1) is 37.7 Å². The summed E-state index contributed by atoms with van der Waals surface area (Å²) in [4.78, 5) is 0. The smallest absolute Gasteiger partial charge is 0.0675 e. The molecular formula is C10H26NOSi+. The molecule has 0 radical (unpaired) electrons. The quantitative estimate of drug-likeness (QED) is 0.458. The van der Waals surface area contributed by atoms with E-state index in [-0.39, 0.29) is 9.52 Å². The van der Waals surface area contributed by atoms with Crippen LogP contribution in [-0.4, -0.2) is 54.5 Å². The first-order chi connectivity index (χ1) is 5.93. The summed E-state index contributed by atoms with van der Waals surface area (Å²) in [7, 11) is 8.65. The molecule has 1 aliphatic heterocycles. The maximum atomic E-state index is 5.49.